The molecule has 8 nitrogen and oxygen atoms in total. The van der Waals surface area contributed by atoms with Crippen molar-refractivity contribution in [1.29, 1.82) is 0 Å². The number of hydrogen-bond donors (Lipinski definition) is 2. The number of aromatic nitrogens is 2. The summed E-state index contributed by atoms with van der Waals surface area (Å²) in [6.07, 6.45) is 2.53. The number of esters is 1. The first-order valence-electron chi connectivity index (χ1n) is 9.62. The third-order valence-electron chi connectivity index (χ3n) is 4.61. The van der Waals surface area contributed by atoms with E-state index >= 15 is 0 Å². The number of para-hydroxylation sites is 1. The van der Waals surface area contributed by atoms with E-state index in [-0.39, 0.29) is 23.0 Å². The molecule has 1 aliphatic heterocycles. The molecule has 29 heavy (non-hydrogen) atoms. The highest BCUT2D eigenvalue weighted by molar-refractivity contribution is 6.07. The van der Waals surface area contributed by atoms with Crippen molar-refractivity contribution in [2.45, 2.75) is 52.1 Å². The van der Waals surface area contributed by atoms with Crippen LogP contribution in [0.4, 0.5) is 5.69 Å². The number of fused-ring (bicyclic) bond motifs is 1. The van der Waals surface area contributed by atoms with Crippen LogP contribution in [-0.2, 0) is 17.7 Å². The maximum absolute atomic E-state index is 13.0. The summed E-state index contributed by atoms with van der Waals surface area (Å²) in [5.74, 6) is -1.15. The van der Waals surface area contributed by atoms with Gasteiger partial charge in [0, 0.05) is 12.1 Å². The van der Waals surface area contributed by atoms with E-state index in [9.17, 15) is 14.4 Å². The SMILES string of the molecule is COC(=O)c1ccccc1NC(=O)c1nc(C(=O)NC(C)(C)C)c2n1CCCC2. The van der Waals surface area contributed by atoms with Gasteiger partial charge in [0.15, 0.2) is 5.82 Å². The Labute approximate surface area is 169 Å². The highest BCUT2D eigenvalue weighted by Gasteiger charge is 2.29. The number of amides is 2. The van der Waals surface area contributed by atoms with Gasteiger partial charge in [-0.05, 0) is 52.2 Å². The van der Waals surface area contributed by atoms with E-state index in [1.807, 2.05) is 20.8 Å². The lowest BCUT2D eigenvalue weighted by atomic mass is 10.1. The van der Waals surface area contributed by atoms with Crippen LogP contribution < -0.4 is 10.6 Å². The molecule has 2 heterocycles. The smallest absolute Gasteiger partial charge is 0.339 e. The fourth-order valence-electron chi connectivity index (χ4n) is 3.36. The normalized spacial score (nSPS) is 13.4. The van der Waals surface area contributed by atoms with Crippen LogP contribution in [0.3, 0.4) is 0 Å². The molecule has 0 saturated carbocycles. The number of carbonyl (C=O) groups excluding carboxylic acids is 3. The minimum absolute atomic E-state index is 0.165. The number of imidazole rings is 1. The molecule has 0 radical (unpaired) electrons. The Balaban J connectivity index is 1.94. The Hall–Kier alpha value is -3.16. The molecule has 2 aromatic rings. The summed E-state index contributed by atoms with van der Waals surface area (Å²) in [7, 11) is 1.28. The van der Waals surface area contributed by atoms with Gasteiger partial charge in [0.2, 0.25) is 0 Å². The number of carbonyl (C=O) groups is 3. The summed E-state index contributed by atoms with van der Waals surface area (Å²) in [6, 6.07) is 6.60. The average Bonchev–Trinajstić information content (AvgIpc) is 3.06. The van der Waals surface area contributed by atoms with Crippen LogP contribution in [-0.4, -0.2) is 40.0 Å². The zero-order valence-corrected chi connectivity index (χ0v) is 17.2. The van der Waals surface area contributed by atoms with Gasteiger partial charge in [0.25, 0.3) is 11.8 Å². The number of anilines is 1. The molecule has 154 valence electrons. The van der Waals surface area contributed by atoms with Crippen molar-refractivity contribution < 1.29 is 19.1 Å². The summed E-state index contributed by atoms with van der Waals surface area (Å²) >= 11 is 0. The summed E-state index contributed by atoms with van der Waals surface area (Å²) < 4.78 is 6.58. The van der Waals surface area contributed by atoms with Crippen LogP contribution in [0.25, 0.3) is 0 Å². The zero-order chi connectivity index (χ0) is 21.2. The molecule has 1 aliphatic rings. The number of nitrogens with one attached hydrogen (secondary N) is 2. The van der Waals surface area contributed by atoms with Crippen molar-refractivity contribution in [1.82, 2.24) is 14.9 Å². The van der Waals surface area contributed by atoms with E-state index in [1.54, 1.807) is 28.8 Å². The minimum Gasteiger partial charge on any atom is -0.465 e. The van der Waals surface area contributed by atoms with Crippen LogP contribution in [0.5, 0.6) is 0 Å². The van der Waals surface area contributed by atoms with Crippen molar-refractivity contribution in [2.24, 2.45) is 0 Å². The van der Waals surface area contributed by atoms with E-state index in [2.05, 4.69) is 15.6 Å². The van der Waals surface area contributed by atoms with E-state index in [0.29, 0.717) is 18.7 Å². The second kappa shape index (κ2) is 8.06. The van der Waals surface area contributed by atoms with E-state index in [0.717, 1.165) is 18.5 Å². The molecule has 0 spiro atoms. The van der Waals surface area contributed by atoms with Crippen LogP contribution in [0.1, 0.15) is 70.8 Å². The molecule has 8 heteroatoms. The number of methoxy groups -OCH3 is 1. The highest BCUT2D eigenvalue weighted by Crippen LogP contribution is 2.23. The van der Waals surface area contributed by atoms with Crippen molar-refractivity contribution >= 4 is 23.5 Å². The number of ether oxygens (including phenoxy) is 1. The van der Waals surface area contributed by atoms with Crippen molar-refractivity contribution in [3.8, 4) is 0 Å². The molecule has 0 fully saturated rings. The van der Waals surface area contributed by atoms with Gasteiger partial charge in [-0.1, -0.05) is 12.1 Å². The topological polar surface area (TPSA) is 102 Å². The van der Waals surface area contributed by atoms with Gasteiger partial charge in [-0.3, -0.25) is 9.59 Å². The molecule has 0 atom stereocenters. The summed E-state index contributed by atoms with van der Waals surface area (Å²) in [6.45, 7) is 6.30. The molecular formula is C21H26N4O4. The standard InChI is InChI=1S/C21H26N4O4/c1-21(2,3)24-18(26)16-15-11-7-8-12-25(15)17(23-16)19(27)22-14-10-6-5-9-13(14)20(28)29-4/h5-6,9-10H,7-8,11-12H2,1-4H3,(H,22,27)(H,24,26). The molecule has 1 aromatic heterocycles. The first kappa shape index (κ1) is 20.6. The molecule has 2 N–H and O–H groups in total. The third kappa shape index (κ3) is 4.47. The predicted octanol–water partition coefficient (Wildman–Crippen LogP) is 2.79. The monoisotopic (exact) mass is 398 g/mol. The lowest BCUT2D eigenvalue weighted by Crippen LogP contribution is -2.41. The fourth-order valence-corrected chi connectivity index (χ4v) is 3.36. The molecule has 3 rings (SSSR count). The second-order valence-corrected chi connectivity index (χ2v) is 8.03. The molecule has 1 aromatic carbocycles. The largest absolute Gasteiger partial charge is 0.465 e. The van der Waals surface area contributed by atoms with Gasteiger partial charge in [-0.2, -0.15) is 0 Å². The van der Waals surface area contributed by atoms with Gasteiger partial charge < -0.3 is 19.9 Å². The Bertz CT molecular complexity index is 956. The number of nitrogens with zero attached hydrogens (tertiary/aromatic N) is 2. The highest BCUT2D eigenvalue weighted by atomic mass is 16.5. The second-order valence-electron chi connectivity index (χ2n) is 8.03. The van der Waals surface area contributed by atoms with Crippen molar-refractivity contribution in [3.63, 3.8) is 0 Å². The van der Waals surface area contributed by atoms with Gasteiger partial charge in [0.1, 0.15) is 5.69 Å². The zero-order valence-electron chi connectivity index (χ0n) is 17.2. The summed E-state index contributed by atoms with van der Waals surface area (Å²) in [5, 5.41) is 5.65. The fraction of sp³-hybridized carbons (Fsp3) is 0.429. The maximum Gasteiger partial charge on any atom is 0.339 e. The van der Waals surface area contributed by atoms with Gasteiger partial charge in [0.05, 0.1) is 24.1 Å². The summed E-state index contributed by atoms with van der Waals surface area (Å²) in [4.78, 5) is 42.1. The Morgan fingerprint density at radius 2 is 1.83 bits per heavy atom. The van der Waals surface area contributed by atoms with E-state index in [4.69, 9.17) is 4.74 Å². The lowest BCUT2D eigenvalue weighted by molar-refractivity contribution is 0.0601. The Morgan fingerprint density at radius 1 is 1.10 bits per heavy atom. The first-order chi connectivity index (χ1) is 13.7. The number of benzene rings is 1. The third-order valence-corrected chi connectivity index (χ3v) is 4.61. The quantitative estimate of drug-likeness (QED) is 0.771. The predicted molar refractivity (Wildman–Crippen MR) is 108 cm³/mol. The van der Waals surface area contributed by atoms with Gasteiger partial charge >= 0.3 is 5.97 Å². The van der Waals surface area contributed by atoms with E-state index in [1.165, 1.54) is 7.11 Å². The number of rotatable bonds is 4. The van der Waals surface area contributed by atoms with Gasteiger partial charge in [-0.15, -0.1) is 0 Å². The van der Waals surface area contributed by atoms with Crippen LogP contribution in [0.2, 0.25) is 0 Å². The average molecular weight is 398 g/mol. The Morgan fingerprint density at radius 3 is 2.52 bits per heavy atom. The number of hydrogen-bond acceptors (Lipinski definition) is 5. The van der Waals surface area contributed by atoms with Crippen LogP contribution >= 0.6 is 0 Å². The maximum atomic E-state index is 13.0. The molecule has 0 saturated heterocycles. The minimum atomic E-state index is -0.545. The van der Waals surface area contributed by atoms with Crippen LogP contribution in [0, 0.1) is 0 Å². The lowest BCUT2D eigenvalue weighted by Gasteiger charge is -2.21. The molecule has 0 aliphatic carbocycles. The first-order valence-corrected chi connectivity index (χ1v) is 9.62. The molecule has 2 amide bonds. The molecular weight excluding hydrogens is 372 g/mol. The van der Waals surface area contributed by atoms with Crippen molar-refractivity contribution in [3.05, 3.63) is 47.0 Å². The van der Waals surface area contributed by atoms with Crippen LogP contribution in [0.15, 0.2) is 24.3 Å². The van der Waals surface area contributed by atoms with Crippen molar-refractivity contribution in [2.75, 3.05) is 12.4 Å². The Kier molecular flexibility index (Phi) is 5.72. The van der Waals surface area contributed by atoms with E-state index < -0.39 is 17.4 Å². The summed E-state index contributed by atoms with van der Waals surface area (Å²) in [5.41, 5.74) is 1.22. The molecule has 0 unspecified atom stereocenters. The van der Waals surface area contributed by atoms with Gasteiger partial charge in [-0.25, -0.2) is 9.78 Å². The molecule has 0 bridgehead atoms.